The predicted octanol–water partition coefficient (Wildman–Crippen LogP) is 3.52. The zero-order chi connectivity index (χ0) is 16.1. The van der Waals surface area contributed by atoms with Crippen LogP contribution in [0.1, 0.15) is 23.2 Å². The van der Waals surface area contributed by atoms with Crippen molar-refractivity contribution in [1.82, 2.24) is 0 Å². The van der Waals surface area contributed by atoms with Crippen LogP contribution in [0.5, 0.6) is 5.75 Å². The van der Waals surface area contributed by atoms with Crippen molar-refractivity contribution < 1.29 is 14.3 Å². The second kappa shape index (κ2) is 7.18. The van der Waals surface area contributed by atoms with E-state index in [4.69, 9.17) is 9.47 Å². The van der Waals surface area contributed by atoms with Crippen molar-refractivity contribution in [1.29, 1.82) is 0 Å². The molecule has 1 aliphatic heterocycles. The molecule has 0 radical (unpaired) electrons. The molecular formula is C19H21NO3. The van der Waals surface area contributed by atoms with Gasteiger partial charge < -0.3 is 14.4 Å². The molecule has 23 heavy (non-hydrogen) atoms. The van der Waals surface area contributed by atoms with Crippen LogP contribution in [-0.2, 0) is 4.74 Å². The lowest BCUT2D eigenvalue weighted by Gasteiger charge is -2.34. The molecule has 0 saturated carbocycles. The van der Waals surface area contributed by atoms with Gasteiger partial charge in [0.25, 0.3) is 0 Å². The number of carbonyl (C=O) groups is 1. The third kappa shape index (κ3) is 3.65. The van der Waals surface area contributed by atoms with E-state index in [2.05, 4.69) is 17.0 Å². The minimum atomic E-state index is -0.317. The number of para-hydroxylation sites is 2. The SMILES string of the molecule is COc1ccccc1C(=O)OC1CCCN(c2ccccc2)C1. The Morgan fingerprint density at radius 1 is 1.09 bits per heavy atom. The Morgan fingerprint density at radius 3 is 2.61 bits per heavy atom. The van der Waals surface area contributed by atoms with Gasteiger partial charge in [0.15, 0.2) is 0 Å². The number of esters is 1. The summed E-state index contributed by atoms with van der Waals surface area (Å²) in [4.78, 5) is 14.7. The topological polar surface area (TPSA) is 38.8 Å². The molecule has 1 aliphatic rings. The fraction of sp³-hybridized carbons (Fsp3) is 0.316. The van der Waals surface area contributed by atoms with Crippen molar-refractivity contribution in [2.75, 3.05) is 25.1 Å². The first-order valence-corrected chi connectivity index (χ1v) is 7.92. The van der Waals surface area contributed by atoms with Gasteiger partial charge in [0.05, 0.1) is 13.7 Å². The van der Waals surface area contributed by atoms with E-state index in [1.165, 1.54) is 5.69 Å². The summed E-state index contributed by atoms with van der Waals surface area (Å²) in [5, 5.41) is 0. The number of methoxy groups -OCH3 is 1. The number of benzene rings is 2. The highest BCUT2D eigenvalue weighted by atomic mass is 16.5. The average Bonchev–Trinajstić information content (AvgIpc) is 2.62. The molecule has 4 heteroatoms. The minimum Gasteiger partial charge on any atom is -0.496 e. The summed E-state index contributed by atoms with van der Waals surface area (Å²) in [7, 11) is 1.56. The van der Waals surface area contributed by atoms with Gasteiger partial charge in [-0.3, -0.25) is 0 Å². The number of carbonyl (C=O) groups excluding carboxylic acids is 1. The molecule has 4 nitrogen and oxygen atoms in total. The number of hydrogen-bond donors (Lipinski definition) is 0. The smallest absolute Gasteiger partial charge is 0.342 e. The van der Waals surface area contributed by atoms with Gasteiger partial charge in [-0.05, 0) is 37.1 Å². The molecule has 0 amide bonds. The molecule has 120 valence electrons. The molecular weight excluding hydrogens is 290 g/mol. The van der Waals surface area contributed by atoms with Crippen molar-refractivity contribution in [2.24, 2.45) is 0 Å². The van der Waals surface area contributed by atoms with Gasteiger partial charge in [0.1, 0.15) is 17.4 Å². The molecule has 1 atom stereocenters. The summed E-state index contributed by atoms with van der Waals surface area (Å²) in [5.41, 5.74) is 1.65. The number of hydrogen-bond acceptors (Lipinski definition) is 4. The minimum absolute atomic E-state index is 0.0960. The number of piperidine rings is 1. The lowest BCUT2D eigenvalue weighted by Crippen LogP contribution is -2.40. The molecule has 0 N–H and O–H groups in total. The normalized spacial score (nSPS) is 17.6. The van der Waals surface area contributed by atoms with Crippen molar-refractivity contribution in [3.8, 4) is 5.75 Å². The maximum atomic E-state index is 12.4. The van der Waals surface area contributed by atoms with E-state index in [9.17, 15) is 4.79 Å². The first-order chi connectivity index (χ1) is 11.3. The molecule has 1 saturated heterocycles. The highest BCUT2D eigenvalue weighted by Gasteiger charge is 2.24. The monoisotopic (exact) mass is 311 g/mol. The fourth-order valence-electron chi connectivity index (χ4n) is 2.94. The van der Waals surface area contributed by atoms with Gasteiger partial charge in [-0.15, -0.1) is 0 Å². The van der Waals surface area contributed by atoms with Gasteiger partial charge in [-0.1, -0.05) is 30.3 Å². The van der Waals surface area contributed by atoms with Gasteiger partial charge in [-0.25, -0.2) is 4.79 Å². The van der Waals surface area contributed by atoms with Gasteiger partial charge >= 0.3 is 5.97 Å². The zero-order valence-corrected chi connectivity index (χ0v) is 13.3. The Labute approximate surface area is 136 Å². The van der Waals surface area contributed by atoms with Crippen LogP contribution in [0.4, 0.5) is 5.69 Å². The predicted molar refractivity (Wildman–Crippen MR) is 90.1 cm³/mol. The van der Waals surface area contributed by atoms with Crippen LogP contribution in [0.25, 0.3) is 0 Å². The Balaban J connectivity index is 1.67. The van der Waals surface area contributed by atoms with Gasteiger partial charge in [0, 0.05) is 12.2 Å². The zero-order valence-electron chi connectivity index (χ0n) is 13.3. The maximum absolute atomic E-state index is 12.4. The van der Waals surface area contributed by atoms with Crippen LogP contribution < -0.4 is 9.64 Å². The molecule has 0 spiro atoms. The average molecular weight is 311 g/mol. The Morgan fingerprint density at radius 2 is 1.83 bits per heavy atom. The molecule has 3 rings (SSSR count). The third-order valence-electron chi connectivity index (χ3n) is 4.10. The molecule has 1 unspecified atom stereocenters. The van der Waals surface area contributed by atoms with Gasteiger partial charge in [-0.2, -0.15) is 0 Å². The van der Waals surface area contributed by atoms with E-state index in [-0.39, 0.29) is 12.1 Å². The summed E-state index contributed by atoms with van der Waals surface area (Å²) >= 11 is 0. The molecule has 0 aromatic heterocycles. The first-order valence-electron chi connectivity index (χ1n) is 7.92. The molecule has 0 bridgehead atoms. The summed E-state index contributed by atoms with van der Waals surface area (Å²) in [6.45, 7) is 1.72. The fourth-order valence-corrected chi connectivity index (χ4v) is 2.94. The Kier molecular flexibility index (Phi) is 4.81. The Bertz CT molecular complexity index is 657. The van der Waals surface area contributed by atoms with Crippen LogP contribution in [0, 0.1) is 0 Å². The molecule has 0 aliphatic carbocycles. The molecule has 1 heterocycles. The third-order valence-corrected chi connectivity index (χ3v) is 4.10. The van der Waals surface area contributed by atoms with E-state index >= 15 is 0 Å². The van der Waals surface area contributed by atoms with E-state index in [0.29, 0.717) is 11.3 Å². The van der Waals surface area contributed by atoms with E-state index in [1.54, 1.807) is 19.2 Å². The number of anilines is 1. The summed E-state index contributed by atoms with van der Waals surface area (Å²) in [6, 6.07) is 17.4. The largest absolute Gasteiger partial charge is 0.496 e. The Hall–Kier alpha value is -2.49. The summed E-state index contributed by atoms with van der Waals surface area (Å²) in [6.07, 6.45) is 1.81. The van der Waals surface area contributed by atoms with Crippen molar-refractivity contribution >= 4 is 11.7 Å². The maximum Gasteiger partial charge on any atom is 0.342 e. The van der Waals surface area contributed by atoms with Crippen LogP contribution in [0.15, 0.2) is 54.6 Å². The highest BCUT2D eigenvalue weighted by Crippen LogP contribution is 2.23. The van der Waals surface area contributed by atoms with Crippen molar-refractivity contribution in [2.45, 2.75) is 18.9 Å². The van der Waals surface area contributed by atoms with Crippen LogP contribution in [0.3, 0.4) is 0 Å². The summed E-state index contributed by atoms with van der Waals surface area (Å²) in [5.74, 6) is 0.232. The first kappa shape index (κ1) is 15.4. The van der Waals surface area contributed by atoms with Crippen molar-refractivity contribution in [3.63, 3.8) is 0 Å². The van der Waals surface area contributed by atoms with E-state index in [1.807, 2.05) is 30.3 Å². The number of rotatable bonds is 4. The lowest BCUT2D eigenvalue weighted by molar-refractivity contribution is 0.0266. The summed E-state index contributed by atoms with van der Waals surface area (Å²) < 4.78 is 10.9. The number of ether oxygens (including phenoxy) is 2. The van der Waals surface area contributed by atoms with Crippen LogP contribution in [0.2, 0.25) is 0 Å². The van der Waals surface area contributed by atoms with E-state index < -0.39 is 0 Å². The second-order valence-electron chi connectivity index (χ2n) is 5.65. The van der Waals surface area contributed by atoms with E-state index in [0.717, 1.165) is 25.9 Å². The standard InChI is InChI=1S/C19H21NO3/c1-22-18-12-6-5-11-17(18)19(21)23-16-10-7-13-20(14-16)15-8-3-2-4-9-15/h2-6,8-9,11-12,16H,7,10,13-14H2,1H3. The molecule has 2 aromatic rings. The van der Waals surface area contributed by atoms with Crippen LogP contribution >= 0.6 is 0 Å². The lowest BCUT2D eigenvalue weighted by atomic mass is 10.1. The second-order valence-corrected chi connectivity index (χ2v) is 5.65. The van der Waals surface area contributed by atoms with Crippen molar-refractivity contribution in [3.05, 3.63) is 60.2 Å². The van der Waals surface area contributed by atoms with Crippen LogP contribution in [-0.4, -0.2) is 32.3 Å². The molecule has 2 aromatic carbocycles. The van der Waals surface area contributed by atoms with Gasteiger partial charge in [0.2, 0.25) is 0 Å². The molecule has 1 fully saturated rings. The quantitative estimate of drug-likeness (QED) is 0.810. The number of nitrogens with zero attached hydrogens (tertiary/aromatic N) is 1. The highest BCUT2D eigenvalue weighted by molar-refractivity contribution is 5.92.